The van der Waals surface area contributed by atoms with Crippen LogP contribution in [-0.2, 0) is 4.79 Å². The Morgan fingerprint density at radius 1 is 1.25 bits per heavy atom. The van der Waals surface area contributed by atoms with Crippen LogP contribution in [0.4, 0.5) is 0 Å². The first kappa shape index (κ1) is 16.0. The highest BCUT2D eigenvalue weighted by atomic mass is 32.2. The predicted octanol–water partition coefficient (Wildman–Crippen LogP) is 3.48. The molecule has 0 saturated heterocycles. The lowest BCUT2D eigenvalue weighted by atomic mass is 9.97. The van der Waals surface area contributed by atoms with Crippen molar-refractivity contribution in [3.63, 3.8) is 0 Å². The standard InChI is InChI=1S/C13H26O2S/c1-11(2)8-6-5-7-9-16-12(15)13(3,4)10-14/h11,14H,5-10H2,1-4H3. The molecule has 96 valence electrons. The summed E-state index contributed by atoms with van der Waals surface area (Å²) >= 11 is 1.37. The minimum Gasteiger partial charge on any atom is -0.395 e. The fraction of sp³-hybridized carbons (Fsp3) is 0.923. The molecule has 0 spiro atoms. The number of aliphatic hydroxyl groups excluding tert-OH is 1. The molecule has 0 rings (SSSR count). The molecule has 0 atom stereocenters. The van der Waals surface area contributed by atoms with Gasteiger partial charge in [0.1, 0.15) is 0 Å². The van der Waals surface area contributed by atoms with E-state index in [9.17, 15) is 4.79 Å². The number of carbonyl (C=O) groups is 1. The van der Waals surface area contributed by atoms with E-state index in [1.807, 2.05) is 0 Å². The van der Waals surface area contributed by atoms with Gasteiger partial charge in [0, 0.05) is 5.75 Å². The van der Waals surface area contributed by atoms with E-state index < -0.39 is 5.41 Å². The molecular formula is C13H26O2S. The van der Waals surface area contributed by atoms with Crippen molar-refractivity contribution >= 4 is 16.9 Å². The molecule has 0 aliphatic heterocycles. The summed E-state index contributed by atoms with van der Waals surface area (Å²) in [4.78, 5) is 11.6. The Hall–Kier alpha value is -0.0200. The Labute approximate surface area is 104 Å². The maximum atomic E-state index is 11.6. The zero-order valence-corrected chi connectivity index (χ0v) is 11.9. The third-order valence-electron chi connectivity index (χ3n) is 2.61. The molecule has 0 aliphatic carbocycles. The number of unbranched alkanes of at least 4 members (excludes halogenated alkanes) is 2. The molecule has 0 unspecified atom stereocenters. The molecule has 16 heavy (non-hydrogen) atoms. The smallest absolute Gasteiger partial charge is 0.196 e. The van der Waals surface area contributed by atoms with Crippen LogP contribution in [0.1, 0.15) is 53.4 Å². The normalized spacial score (nSPS) is 12.1. The van der Waals surface area contributed by atoms with E-state index in [4.69, 9.17) is 5.11 Å². The largest absolute Gasteiger partial charge is 0.395 e. The third kappa shape index (κ3) is 7.29. The van der Waals surface area contributed by atoms with Gasteiger partial charge in [-0.3, -0.25) is 4.79 Å². The van der Waals surface area contributed by atoms with E-state index in [0.29, 0.717) is 0 Å². The molecule has 0 heterocycles. The second-order valence-corrected chi connectivity index (χ2v) is 6.49. The minimum absolute atomic E-state index is 0.0633. The highest BCUT2D eigenvalue weighted by Gasteiger charge is 2.26. The third-order valence-corrected chi connectivity index (χ3v) is 3.91. The molecule has 0 amide bonds. The van der Waals surface area contributed by atoms with Crippen LogP contribution in [0.2, 0.25) is 0 Å². The average Bonchev–Trinajstić information content (AvgIpc) is 2.22. The first-order chi connectivity index (χ1) is 7.40. The maximum absolute atomic E-state index is 11.6. The fourth-order valence-electron chi connectivity index (χ4n) is 1.26. The molecule has 0 fully saturated rings. The molecule has 0 bridgehead atoms. The van der Waals surface area contributed by atoms with Crippen molar-refractivity contribution in [1.82, 2.24) is 0 Å². The number of hydrogen-bond donors (Lipinski definition) is 1. The van der Waals surface area contributed by atoms with Crippen LogP contribution in [0.3, 0.4) is 0 Å². The lowest BCUT2D eigenvalue weighted by molar-refractivity contribution is -0.119. The Morgan fingerprint density at radius 2 is 1.88 bits per heavy atom. The van der Waals surface area contributed by atoms with Crippen LogP contribution in [-0.4, -0.2) is 22.6 Å². The van der Waals surface area contributed by atoms with E-state index in [-0.39, 0.29) is 11.7 Å². The first-order valence-corrected chi connectivity index (χ1v) is 7.17. The summed E-state index contributed by atoms with van der Waals surface area (Å²) in [7, 11) is 0. The van der Waals surface area contributed by atoms with Crippen LogP contribution in [0, 0.1) is 11.3 Å². The second-order valence-electron chi connectivity index (χ2n) is 5.42. The van der Waals surface area contributed by atoms with Crippen LogP contribution in [0.15, 0.2) is 0 Å². The topological polar surface area (TPSA) is 37.3 Å². The predicted molar refractivity (Wildman–Crippen MR) is 71.6 cm³/mol. The van der Waals surface area contributed by atoms with Gasteiger partial charge in [0.25, 0.3) is 0 Å². The van der Waals surface area contributed by atoms with Crippen molar-refractivity contribution in [1.29, 1.82) is 0 Å². The molecule has 0 aromatic heterocycles. The van der Waals surface area contributed by atoms with Crippen LogP contribution in [0.5, 0.6) is 0 Å². The van der Waals surface area contributed by atoms with Gasteiger partial charge >= 0.3 is 0 Å². The summed E-state index contributed by atoms with van der Waals surface area (Å²) < 4.78 is 0. The van der Waals surface area contributed by atoms with Crippen LogP contribution >= 0.6 is 11.8 Å². The quantitative estimate of drug-likeness (QED) is 0.666. The fourth-order valence-corrected chi connectivity index (χ4v) is 2.25. The minimum atomic E-state index is -0.581. The molecule has 0 saturated carbocycles. The molecule has 3 heteroatoms. The van der Waals surface area contributed by atoms with E-state index in [1.54, 1.807) is 13.8 Å². The van der Waals surface area contributed by atoms with E-state index in [0.717, 1.165) is 18.1 Å². The van der Waals surface area contributed by atoms with Gasteiger partial charge in [-0.15, -0.1) is 0 Å². The number of hydrogen-bond acceptors (Lipinski definition) is 3. The van der Waals surface area contributed by atoms with Crippen molar-refractivity contribution in [2.45, 2.75) is 53.4 Å². The Kier molecular flexibility index (Phi) is 8.12. The zero-order chi connectivity index (χ0) is 12.6. The van der Waals surface area contributed by atoms with Crippen molar-refractivity contribution in [3.8, 4) is 0 Å². The Bertz CT molecular complexity index is 200. The molecular weight excluding hydrogens is 220 g/mol. The van der Waals surface area contributed by atoms with Crippen LogP contribution in [0.25, 0.3) is 0 Å². The zero-order valence-electron chi connectivity index (χ0n) is 11.1. The summed E-state index contributed by atoms with van der Waals surface area (Å²) in [5, 5.41) is 9.14. The molecule has 2 nitrogen and oxygen atoms in total. The van der Waals surface area contributed by atoms with E-state index in [1.165, 1.54) is 31.0 Å². The summed E-state index contributed by atoms with van der Waals surface area (Å²) in [5.41, 5.74) is -0.581. The molecule has 0 aliphatic rings. The van der Waals surface area contributed by atoms with Gasteiger partial charge in [-0.05, 0) is 26.2 Å². The molecule has 0 aromatic carbocycles. The highest BCUT2D eigenvalue weighted by molar-refractivity contribution is 8.13. The summed E-state index contributed by atoms with van der Waals surface area (Å²) in [5.74, 6) is 1.67. The molecule has 0 radical (unpaired) electrons. The first-order valence-electron chi connectivity index (χ1n) is 6.18. The second kappa shape index (κ2) is 8.13. The lowest BCUT2D eigenvalue weighted by Gasteiger charge is -2.18. The summed E-state index contributed by atoms with van der Waals surface area (Å²) in [6, 6.07) is 0. The van der Waals surface area contributed by atoms with Gasteiger partial charge in [-0.25, -0.2) is 0 Å². The van der Waals surface area contributed by atoms with Crippen molar-refractivity contribution in [3.05, 3.63) is 0 Å². The van der Waals surface area contributed by atoms with Crippen molar-refractivity contribution in [2.75, 3.05) is 12.4 Å². The van der Waals surface area contributed by atoms with Crippen LogP contribution < -0.4 is 0 Å². The molecule has 0 aromatic rings. The monoisotopic (exact) mass is 246 g/mol. The number of carbonyl (C=O) groups excluding carboxylic acids is 1. The SMILES string of the molecule is CC(C)CCCCCSC(=O)C(C)(C)CO. The average molecular weight is 246 g/mol. The highest BCUT2D eigenvalue weighted by Crippen LogP contribution is 2.24. The lowest BCUT2D eigenvalue weighted by Crippen LogP contribution is -2.25. The Morgan fingerprint density at radius 3 is 2.38 bits per heavy atom. The number of aliphatic hydroxyl groups is 1. The Balaban J connectivity index is 3.49. The van der Waals surface area contributed by atoms with Crippen molar-refractivity contribution in [2.24, 2.45) is 11.3 Å². The number of thioether (sulfide) groups is 1. The van der Waals surface area contributed by atoms with Gasteiger partial charge in [-0.1, -0.05) is 44.9 Å². The maximum Gasteiger partial charge on any atom is 0.196 e. The van der Waals surface area contributed by atoms with Gasteiger partial charge in [0.2, 0.25) is 0 Å². The van der Waals surface area contributed by atoms with Gasteiger partial charge in [0.05, 0.1) is 12.0 Å². The van der Waals surface area contributed by atoms with Gasteiger partial charge in [-0.2, -0.15) is 0 Å². The van der Waals surface area contributed by atoms with Gasteiger partial charge < -0.3 is 5.11 Å². The number of rotatable bonds is 8. The van der Waals surface area contributed by atoms with E-state index in [2.05, 4.69) is 13.8 Å². The van der Waals surface area contributed by atoms with E-state index >= 15 is 0 Å². The van der Waals surface area contributed by atoms with Gasteiger partial charge in [0.15, 0.2) is 5.12 Å². The van der Waals surface area contributed by atoms with Crippen molar-refractivity contribution < 1.29 is 9.90 Å². The summed E-state index contributed by atoms with van der Waals surface area (Å²) in [6.07, 6.45) is 4.85. The molecule has 1 N–H and O–H groups in total. The summed E-state index contributed by atoms with van der Waals surface area (Å²) in [6.45, 7) is 8.00.